The zero-order valence-electron chi connectivity index (χ0n) is 10.6. The van der Waals surface area contributed by atoms with E-state index in [1.807, 2.05) is 0 Å². The van der Waals surface area contributed by atoms with Gasteiger partial charge in [-0.3, -0.25) is 0 Å². The third-order valence-corrected chi connectivity index (χ3v) is 3.41. The molecule has 1 N–H and O–H groups in total. The molecule has 17 heavy (non-hydrogen) atoms. The van der Waals surface area contributed by atoms with E-state index < -0.39 is 0 Å². The molecular weight excluding hydrogens is 214 g/mol. The van der Waals surface area contributed by atoms with Gasteiger partial charge in [-0.25, -0.2) is 0 Å². The highest BCUT2D eigenvalue weighted by molar-refractivity contribution is 5.26. The molecule has 0 spiro atoms. The van der Waals surface area contributed by atoms with E-state index in [9.17, 15) is 0 Å². The van der Waals surface area contributed by atoms with E-state index in [4.69, 9.17) is 9.47 Å². The van der Waals surface area contributed by atoms with Crippen LogP contribution in [-0.2, 0) is 9.47 Å². The maximum Gasteiger partial charge on any atom is 0.183 e. The summed E-state index contributed by atoms with van der Waals surface area (Å²) in [6, 6.07) is 8.58. The maximum absolute atomic E-state index is 5.24. The van der Waals surface area contributed by atoms with Crippen molar-refractivity contribution in [2.24, 2.45) is 0 Å². The molecule has 2 rings (SSSR count). The summed E-state index contributed by atoms with van der Waals surface area (Å²) in [5, 5.41) is 3.44. The second kappa shape index (κ2) is 6.15. The molecule has 1 aromatic carbocycles. The number of nitrogens with one attached hydrogen (secondary N) is 1. The fourth-order valence-electron chi connectivity index (χ4n) is 2.43. The molecule has 0 bridgehead atoms. The van der Waals surface area contributed by atoms with Crippen molar-refractivity contribution >= 4 is 0 Å². The summed E-state index contributed by atoms with van der Waals surface area (Å²) in [5.74, 6) is 0.654. The monoisotopic (exact) mass is 235 g/mol. The van der Waals surface area contributed by atoms with Gasteiger partial charge in [0.25, 0.3) is 0 Å². The molecule has 0 radical (unpaired) electrons. The summed E-state index contributed by atoms with van der Waals surface area (Å²) in [7, 11) is 3.32. The van der Waals surface area contributed by atoms with E-state index >= 15 is 0 Å². The topological polar surface area (TPSA) is 30.5 Å². The number of benzene rings is 1. The van der Waals surface area contributed by atoms with Gasteiger partial charge in [0.1, 0.15) is 0 Å². The van der Waals surface area contributed by atoms with Crippen molar-refractivity contribution in [3.8, 4) is 0 Å². The quantitative estimate of drug-likeness (QED) is 0.813. The number of ether oxygens (including phenoxy) is 2. The first-order valence-corrected chi connectivity index (χ1v) is 6.21. The van der Waals surface area contributed by atoms with Gasteiger partial charge in [-0.1, -0.05) is 24.3 Å². The lowest BCUT2D eigenvalue weighted by Crippen LogP contribution is -2.28. The second-order valence-corrected chi connectivity index (χ2v) is 4.51. The molecule has 0 aromatic heterocycles. The fraction of sp³-hybridized carbons (Fsp3) is 0.571. The second-order valence-electron chi connectivity index (χ2n) is 4.51. The number of rotatable bonds is 4. The van der Waals surface area contributed by atoms with E-state index in [0.717, 1.165) is 18.7 Å². The molecule has 1 fully saturated rings. The molecule has 1 aromatic rings. The van der Waals surface area contributed by atoms with Crippen molar-refractivity contribution in [2.75, 3.05) is 27.3 Å². The van der Waals surface area contributed by atoms with Crippen LogP contribution in [0.2, 0.25) is 0 Å². The van der Waals surface area contributed by atoms with Gasteiger partial charge < -0.3 is 14.8 Å². The maximum atomic E-state index is 5.24. The third kappa shape index (κ3) is 3.06. The van der Waals surface area contributed by atoms with Crippen molar-refractivity contribution < 1.29 is 9.47 Å². The van der Waals surface area contributed by atoms with Crippen molar-refractivity contribution in [1.29, 1.82) is 0 Å². The third-order valence-electron chi connectivity index (χ3n) is 3.41. The molecule has 3 nitrogen and oxygen atoms in total. The zero-order valence-corrected chi connectivity index (χ0v) is 10.6. The summed E-state index contributed by atoms with van der Waals surface area (Å²) in [5.41, 5.74) is 2.48. The summed E-state index contributed by atoms with van der Waals surface area (Å²) >= 11 is 0. The highest BCUT2D eigenvalue weighted by Crippen LogP contribution is 2.25. The first kappa shape index (κ1) is 12.6. The Morgan fingerprint density at radius 2 is 1.88 bits per heavy atom. The highest BCUT2D eigenvalue weighted by Gasteiger charge is 2.15. The number of hydrogen-bond acceptors (Lipinski definition) is 3. The van der Waals surface area contributed by atoms with Crippen LogP contribution in [0.25, 0.3) is 0 Å². The molecule has 0 saturated carbocycles. The summed E-state index contributed by atoms with van der Waals surface area (Å²) in [6.07, 6.45) is 2.30. The van der Waals surface area contributed by atoms with Crippen molar-refractivity contribution in [1.82, 2.24) is 5.32 Å². The van der Waals surface area contributed by atoms with Crippen LogP contribution < -0.4 is 5.32 Å². The Balaban J connectivity index is 2.06. The summed E-state index contributed by atoms with van der Waals surface area (Å²) in [6.45, 7) is 2.25. The molecule has 1 saturated heterocycles. The van der Waals surface area contributed by atoms with Crippen molar-refractivity contribution in [3.05, 3.63) is 35.4 Å². The average Bonchev–Trinajstić information content (AvgIpc) is 2.42. The minimum atomic E-state index is -0.256. The van der Waals surface area contributed by atoms with Gasteiger partial charge in [0.15, 0.2) is 6.29 Å². The number of piperidine rings is 1. The molecule has 1 atom stereocenters. The Morgan fingerprint density at radius 1 is 1.18 bits per heavy atom. The minimum Gasteiger partial charge on any atom is -0.352 e. The van der Waals surface area contributed by atoms with Gasteiger partial charge in [-0.2, -0.15) is 0 Å². The lowest BCUT2D eigenvalue weighted by molar-refractivity contribution is -0.106. The first-order chi connectivity index (χ1) is 8.35. The summed E-state index contributed by atoms with van der Waals surface area (Å²) < 4.78 is 10.5. The van der Waals surface area contributed by atoms with E-state index in [1.54, 1.807) is 14.2 Å². The van der Waals surface area contributed by atoms with Gasteiger partial charge in [0, 0.05) is 26.3 Å². The van der Waals surface area contributed by atoms with Crippen LogP contribution in [0.3, 0.4) is 0 Å². The zero-order chi connectivity index (χ0) is 12.1. The van der Waals surface area contributed by atoms with Gasteiger partial charge in [-0.05, 0) is 30.9 Å². The number of methoxy groups -OCH3 is 2. The smallest absolute Gasteiger partial charge is 0.183 e. The normalized spacial score (nSPS) is 20.8. The lowest BCUT2D eigenvalue weighted by Gasteiger charge is -2.23. The van der Waals surface area contributed by atoms with Crippen LogP contribution in [0.5, 0.6) is 0 Å². The Labute approximate surface area is 103 Å². The van der Waals surface area contributed by atoms with Crippen LogP contribution in [0.15, 0.2) is 24.3 Å². The largest absolute Gasteiger partial charge is 0.352 e. The molecule has 1 aliphatic heterocycles. The van der Waals surface area contributed by atoms with Gasteiger partial charge in [0.2, 0.25) is 0 Å². The Morgan fingerprint density at radius 3 is 2.41 bits per heavy atom. The molecule has 1 heterocycles. The number of hydrogen-bond donors (Lipinski definition) is 1. The molecule has 0 aliphatic carbocycles. The lowest BCUT2D eigenvalue weighted by atomic mass is 9.91. The van der Waals surface area contributed by atoms with Crippen molar-refractivity contribution in [3.63, 3.8) is 0 Å². The van der Waals surface area contributed by atoms with Crippen LogP contribution >= 0.6 is 0 Å². The minimum absolute atomic E-state index is 0.256. The highest BCUT2D eigenvalue weighted by atomic mass is 16.7. The Bertz CT molecular complexity index is 327. The van der Waals surface area contributed by atoms with Gasteiger partial charge in [0.05, 0.1) is 0 Å². The van der Waals surface area contributed by atoms with E-state index in [1.165, 1.54) is 18.4 Å². The molecule has 1 unspecified atom stereocenters. The van der Waals surface area contributed by atoms with E-state index in [2.05, 4.69) is 29.6 Å². The predicted molar refractivity (Wildman–Crippen MR) is 68.0 cm³/mol. The molecular formula is C14H21NO2. The molecule has 0 amide bonds. The molecule has 1 aliphatic rings. The van der Waals surface area contributed by atoms with Crippen molar-refractivity contribution in [2.45, 2.75) is 25.0 Å². The van der Waals surface area contributed by atoms with Crippen LogP contribution in [0, 0.1) is 0 Å². The SMILES string of the molecule is COC(OC)c1ccc(C2CCCNC2)cc1. The van der Waals surface area contributed by atoms with Crippen LogP contribution in [0.4, 0.5) is 0 Å². The fourth-order valence-corrected chi connectivity index (χ4v) is 2.43. The van der Waals surface area contributed by atoms with Gasteiger partial charge in [-0.15, -0.1) is 0 Å². The molecule has 94 valence electrons. The Hall–Kier alpha value is -0.900. The standard InChI is InChI=1S/C14H21NO2/c1-16-14(17-2)12-7-5-11(6-8-12)13-4-3-9-15-10-13/h5-8,13-15H,3-4,9-10H2,1-2H3. The molecule has 3 heteroatoms. The van der Waals surface area contributed by atoms with E-state index in [0.29, 0.717) is 5.92 Å². The first-order valence-electron chi connectivity index (χ1n) is 6.21. The Kier molecular flexibility index (Phi) is 4.54. The van der Waals surface area contributed by atoms with Crippen LogP contribution in [0.1, 0.15) is 36.2 Å². The van der Waals surface area contributed by atoms with E-state index in [-0.39, 0.29) is 6.29 Å². The average molecular weight is 235 g/mol. The van der Waals surface area contributed by atoms with Gasteiger partial charge >= 0.3 is 0 Å². The predicted octanol–water partition coefficient (Wildman–Crippen LogP) is 2.45. The van der Waals surface area contributed by atoms with Crippen LogP contribution in [-0.4, -0.2) is 27.3 Å². The summed E-state index contributed by atoms with van der Waals surface area (Å²) in [4.78, 5) is 0.